The number of aryl methyl sites for hydroxylation is 1. The number of rotatable bonds is 4. The Morgan fingerprint density at radius 1 is 1.15 bits per heavy atom. The van der Waals surface area contributed by atoms with E-state index in [9.17, 15) is 19.1 Å². The van der Waals surface area contributed by atoms with Crippen LogP contribution in [-0.2, 0) is 20.9 Å². The molecule has 2 aliphatic heterocycles. The van der Waals surface area contributed by atoms with Gasteiger partial charge in [-0.25, -0.2) is 4.39 Å². The van der Waals surface area contributed by atoms with E-state index >= 15 is 0 Å². The molecule has 1 amide bonds. The summed E-state index contributed by atoms with van der Waals surface area (Å²) in [7, 11) is 1.44. The van der Waals surface area contributed by atoms with Gasteiger partial charge in [-0.15, -0.1) is 0 Å². The van der Waals surface area contributed by atoms with E-state index < -0.39 is 24.2 Å². The van der Waals surface area contributed by atoms with Gasteiger partial charge in [-0.1, -0.05) is 35.9 Å². The lowest BCUT2D eigenvalue weighted by Crippen LogP contribution is -2.42. The summed E-state index contributed by atoms with van der Waals surface area (Å²) in [4.78, 5) is 28.8. The van der Waals surface area contributed by atoms with Crippen LogP contribution in [0.2, 0.25) is 0 Å². The normalized spacial score (nSPS) is 26.7. The lowest BCUT2D eigenvalue weighted by atomic mass is 9.77. The van der Waals surface area contributed by atoms with Crippen LogP contribution in [0.25, 0.3) is 0 Å². The van der Waals surface area contributed by atoms with Crippen LogP contribution in [0.1, 0.15) is 42.0 Å². The van der Waals surface area contributed by atoms with Gasteiger partial charge in [0.05, 0.1) is 24.6 Å². The molecule has 1 N–H and O–H groups in total. The van der Waals surface area contributed by atoms with Crippen molar-refractivity contribution < 1.29 is 28.6 Å². The highest BCUT2D eigenvalue weighted by molar-refractivity contribution is 6.11. The molecule has 0 spiro atoms. The fourth-order valence-electron chi connectivity index (χ4n) is 5.13. The number of hydrogen-bond acceptors (Lipinski definition) is 5. The molecule has 0 aromatic heterocycles. The summed E-state index contributed by atoms with van der Waals surface area (Å²) in [6.07, 6.45) is -0.665. The van der Waals surface area contributed by atoms with Crippen LogP contribution in [-0.4, -0.2) is 41.1 Å². The third-order valence-electron chi connectivity index (χ3n) is 6.87. The molecule has 2 heterocycles. The van der Waals surface area contributed by atoms with Crippen LogP contribution < -0.4 is 4.74 Å². The largest absolute Gasteiger partial charge is 0.504 e. The SMILES string of the molecule is COc1cc(C2C3=C(OC4CCC(F)CC4C3=O)C(=O)N2Cc2ccc(C)cc2)ccc1O. The average molecular weight is 451 g/mol. The molecule has 7 heteroatoms. The van der Waals surface area contributed by atoms with Gasteiger partial charge in [0, 0.05) is 6.54 Å². The summed E-state index contributed by atoms with van der Waals surface area (Å²) in [5, 5.41) is 10.1. The van der Waals surface area contributed by atoms with Gasteiger partial charge in [-0.2, -0.15) is 0 Å². The Hall–Kier alpha value is -3.35. The number of methoxy groups -OCH3 is 1. The van der Waals surface area contributed by atoms with Gasteiger partial charge in [0.2, 0.25) is 0 Å². The van der Waals surface area contributed by atoms with Crippen LogP contribution in [0.3, 0.4) is 0 Å². The van der Waals surface area contributed by atoms with Gasteiger partial charge in [-0.3, -0.25) is 9.59 Å². The van der Waals surface area contributed by atoms with Crippen molar-refractivity contribution in [1.82, 2.24) is 4.90 Å². The van der Waals surface area contributed by atoms with Crippen LogP contribution >= 0.6 is 0 Å². The molecule has 4 unspecified atom stereocenters. The van der Waals surface area contributed by atoms with Gasteiger partial charge in [0.15, 0.2) is 23.0 Å². The summed E-state index contributed by atoms with van der Waals surface area (Å²) in [6.45, 7) is 2.26. The van der Waals surface area contributed by atoms with Crippen LogP contribution in [0.15, 0.2) is 53.8 Å². The number of alkyl halides is 1. The molecule has 2 aromatic rings. The molecule has 1 fully saturated rings. The summed E-state index contributed by atoms with van der Waals surface area (Å²) < 4.78 is 25.5. The number of ether oxygens (including phenoxy) is 2. The number of Topliss-reactive ketones (excluding diaryl/α,β-unsaturated/α-hetero) is 1. The van der Waals surface area contributed by atoms with Crippen molar-refractivity contribution in [3.63, 3.8) is 0 Å². The first-order valence-electron chi connectivity index (χ1n) is 11.2. The minimum absolute atomic E-state index is 0.0382. The molecule has 4 atom stereocenters. The van der Waals surface area contributed by atoms with Crippen molar-refractivity contribution in [2.24, 2.45) is 5.92 Å². The maximum Gasteiger partial charge on any atom is 0.290 e. The zero-order chi connectivity index (χ0) is 23.3. The number of hydrogen-bond donors (Lipinski definition) is 1. The van der Waals surface area contributed by atoms with E-state index in [0.717, 1.165) is 11.1 Å². The van der Waals surface area contributed by atoms with E-state index in [4.69, 9.17) is 9.47 Å². The van der Waals surface area contributed by atoms with Crippen molar-refractivity contribution in [2.75, 3.05) is 7.11 Å². The van der Waals surface area contributed by atoms with E-state index in [-0.39, 0.29) is 47.5 Å². The number of fused-ring (bicyclic) bond motifs is 1. The second kappa shape index (κ2) is 8.21. The summed E-state index contributed by atoms with van der Waals surface area (Å²) >= 11 is 0. The number of ketones is 1. The van der Waals surface area contributed by atoms with Crippen LogP contribution in [0.5, 0.6) is 11.5 Å². The second-order valence-electron chi connectivity index (χ2n) is 9.03. The van der Waals surface area contributed by atoms with E-state index in [1.807, 2.05) is 31.2 Å². The number of benzene rings is 2. The van der Waals surface area contributed by atoms with Gasteiger partial charge >= 0.3 is 0 Å². The molecule has 3 aliphatic rings. The smallest absolute Gasteiger partial charge is 0.290 e. The van der Waals surface area contributed by atoms with Crippen LogP contribution in [0, 0.1) is 12.8 Å². The quantitative estimate of drug-likeness (QED) is 0.756. The topological polar surface area (TPSA) is 76.1 Å². The Labute approximate surface area is 191 Å². The van der Waals surface area contributed by atoms with Gasteiger partial charge in [0.1, 0.15) is 12.3 Å². The highest BCUT2D eigenvalue weighted by atomic mass is 19.1. The Kier molecular flexibility index (Phi) is 5.35. The van der Waals surface area contributed by atoms with Crippen molar-refractivity contribution in [1.29, 1.82) is 0 Å². The highest BCUT2D eigenvalue weighted by Crippen LogP contribution is 2.48. The number of phenolic OH excluding ortho intramolecular Hbond substituents is 1. The molecular formula is C26H26FNO5. The van der Waals surface area contributed by atoms with Gasteiger partial charge in [-0.05, 0) is 49.4 Å². The number of phenols is 1. The zero-order valence-electron chi connectivity index (χ0n) is 18.6. The minimum Gasteiger partial charge on any atom is -0.504 e. The Morgan fingerprint density at radius 2 is 1.91 bits per heavy atom. The maximum atomic E-state index is 14.2. The first-order valence-corrected chi connectivity index (χ1v) is 11.2. The molecule has 33 heavy (non-hydrogen) atoms. The van der Waals surface area contributed by atoms with E-state index in [2.05, 4.69) is 0 Å². The van der Waals surface area contributed by atoms with E-state index in [0.29, 0.717) is 18.4 Å². The summed E-state index contributed by atoms with van der Waals surface area (Å²) in [5.41, 5.74) is 2.92. The monoisotopic (exact) mass is 451 g/mol. The molecule has 172 valence electrons. The zero-order valence-corrected chi connectivity index (χ0v) is 18.6. The van der Waals surface area contributed by atoms with Crippen LogP contribution in [0.4, 0.5) is 4.39 Å². The summed E-state index contributed by atoms with van der Waals surface area (Å²) in [5.74, 6) is -0.891. The molecule has 0 saturated heterocycles. The third kappa shape index (κ3) is 3.65. The van der Waals surface area contributed by atoms with E-state index in [1.54, 1.807) is 17.0 Å². The molecule has 6 nitrogen and oxygen atoms in total. The fourth-order valence-corrected chi connectivity index (χ4v) is 5.13. The van der Waals surface area contributed by atoms with Crippen molar-refractivity contribution in [3.05, 3.63) is 70.5 Å². The molecule has 2 aromatic carbocycles. The number of aromatic hydroxyl groups is 1. The Morgan fingerprint density at radius 3 is 2.64 bits per heavy atom. The van der Waals surface area contributed by atoms with Gasteiger partial charge < -0.3 is 19.5 Å². The first kappa shape index (κ1) is 21.5. The molecule has 1 saturated carbocycles. The second-order valence-corrected chi connectivity index (χ2v) is 9.03. The molecule has 0 radical (unpaired) electrons. The lowest BCUT2D eigenvalue weighted by molar-refractivity contribution is -0.136. The lowest BCUT2D eigenvalue weighted by Gasteiger charge is -2.36. The number of carbonyl (C=O) groups excluding carboxylic acids is 2. The Balaban J connectivity index is 1.59. The molecule has 0 bridgehead atoms. The molecular weight excluding hydrogens is 425 g/mol. The predicted molar refractivity (Wildman–Crippen MR) is 118 cm³/mol. The maximum absolute atomic E-state index is 14.2. The third-order valence-corrected chi connectivity index (χ3v) is 6.87. The summed E-state index contributed by atoms with van der Waals surface area (Å²) in [6, 6.07) is 11.9. The number of amides is 1. The van der Waals surface area contributed by atoms with Crippen molar-refractivity contribution in [2.45, 2.75) is 51.0 Å². The number of carbonyl (C=O) groups is 2. The standard InChI is InChI=1S/C26H26FNO5/c1-14-3-5-15(6-4-14)13-28-23(16-7-9-19(29)21(11-16)32-2)22-24(30)18-12-17(27)8-10-20(18)33-25(22)26(28)31/h3-7,9,11,17-18,20,23,29H,8,10,12-13H2,1-2H3. The van der Waals surface area contributed by atoms with Gasteiger partial charge in [0.25, 0.3) is 5.91 Å². The van der Waals surface area contributed by atoms with Crippen molar-refractivity contribution in [3.8, 4) is 11.5 Å². The van der Waals surface area contributed by atoms with Crippen molar-refractivity contribution >= 4 is 11.7 Å². The number of halogens is 1. The average Bonchev–Trinajstić information content (AvgIpc) is 3.08. The fraction of sp³-hybridized carbons (Fsp3) is 0.385. The van der Waals surface area contributed by atoms with E-state index in [1.165, 1.54) is 13.2 Å². The number of nitrogens with zero attached hydrogens (tertiary/aromatic N) is 1. The first-order chi connectivity index (χ1) is 15.9. The molecule has 5 rings (SSSR count). The minimum atomic E-state index is -1.05. The predicted octanol–water partition coefficient (Wildman–Crippen LogP) is 4.15. The molecule has 1 aliphatic carbocycles. The Bertz CT molecular complexity index is 1140. The highest BCUT2D eigenvalue weighted by Gasteiger charge is 2.53.